The molecule has 144 valence electrons. The fraction of sp³-hybridized carbons (Fsp3) is 0.263. The Kier molecular flexibility index (Phi) is 7.06. The highest BCUT2D eigenvalue weighted by Crippen LogP contribution is 2.38. The first-order valence-electron chi connectivity index (χ1n) is 8.09. The zero-order valence-electron chi connectivity index (χ0n) is 15.2. The molecule has 1 atom stereocenters. The Morgan fingerprint density at radius 1 is 1.11 bits per heavy atom. The van der Waals surface area contributed by atoms with Crippen molar-refractivity contribution in [1.29, 1.82) is 0 Å². The van der Waals surface area contributed by atoms with Crippen molar-refractivity contribution in [3.8, 4) is 17.2 Å². The molecule has 2 amide bonds. The maximum atomic E-state index is 12.7. The minimum absolute atomic E-state index is 0.201. The summed E-state index contributed by atoms with van der Waals surface area (Å²) in [5.74, 6) is -0.210. The van der Waals surface area contributed by atoms with Gasteiger partial charge in [-0.2, -0.15) is 0 Å². The second-order valence-corrected chi connectivity index (χ2v) is 6.63. The van der Waals surface area contributed by atoms with Crippen LogP contribution < -0.4 is 25.3 Å². The number of ether oxygens (including phenoxy) is 3. The SMILES string of the molecule is COc1cc(C(=O)NC(C)c2ccc(Br)cc2)cc(OC)c1OCC(N)=O. The van der Waals surface area contributed by atoms with Gasteiger partial charge in [0.05, 0.1) is 20.3 Å². The molecule has 0 spiro atoms. The van der Waals surface area contributed by atoms with Crippen molar-refractivity contribution in [2.75, 3.05) is 20.8 Å². The van der Waals surface area contributed by atoms with Crippen molar-refractivity contribution < 1.29 is 23.8 Å². The number of rotatable bonds is 8. The third-order valence-electron chi connectivity index (χ3n) is 3.80. The molecule has 2 aromatic rings. The Morgan fingerprint density at radius 2 is 1.67 bits per heavy atom. The van der Waals surface area contributed by atoms with Gasteiger partial charge in [-0.15, -0.1) is 0 Å². The van der Waals surface area contributed by atoms with Crippen LogP contribution in [0.1, 0.15) is 28.9 Å². The molecule has 2 aromatic carbocycles. The Bertz CT molecular complexity index is 798. The van der Waals surface area contributed by atoms with E-state index < -0.39 is 5.91 Å². The predicted molar refractivity (Wildman–Crippen MR) is 104 cm³/mol. The average molecular weight is 437 g/mol. The number of halogens is 1. The molecule has 1 unspecified atom stereocenters. The molecule has 0 fully saturated rings. The number of carbonyl (C=O) groups is 2. The predicted octanol–water partition coefficient (Wildman–Crippen LogP) is 2.82. The maximum Gasteiger partial charge on any atom is 0.255 e. The van der Waals surface area contributed by atoms with Crippen LogP contribution in [0.4, 0.5) is 0 Å². The van der Waals surface area contributed by atoms with E-state index in [0.717, 1.165) is 10.0 Å². The lowest BCUT2D eigenvalue weighted by atomic mass is 10.1. The highest BCUT2D eigenvalue weighted by molar-refractivity contribution is 9.10. The number of hydrogen-bond donors (Lipinski definition) is 2. The largest absolute Gasteiger partial charge is 0.493 e. The summed E-state index contributed by atoms with van der Waals surface area (Å²) in [6.07, 6.45) is 0. The molecule has 7 nitrogen and oxygen atoms in total. The number of carbonyl (C=O) groups excluding carboxylic acids is 2. The molecule has 0 aromatic heterocycles. The van der Waals surface area contributed by atoms with Gasteiger partial charge in [0.1, 0.15) is 0 Å². The molecule has 0 heterocycles. The van der Waals surface area contributed by atoms with E-state index in [1.54, 1.807) is 0 Å². The first-order chi connectivity index (χ1) is 12.8. The van der Waals surface area contributed by atoms with Gasteiger partial charge in [-0.05, 0) is 36.8 Å². The molecule has 3 N–H and O–H groups in total. The summed E-state index contributed by atoms with van der Waals surface area (Å²) in [5.41, 5.74) is 6.41. The standard InChI is InChI=1S/C19H21BrN2O5/c1-11(12-4-6-14(20)7-5-12)22-19(24)13-8-15(25-2)18(16(9-13)26-3)27-10-17(21)23/h4-9,11H,10H2,1-3H3,(H2,21,23)(H,22,24). The molecular weight excluding hydrogens is 416 g/mol. The topological polar surface area (TPSA) is 99.9 Å². The van der Waals surface area contributed by atoms with Gasteiger partial charge in [0.25, 0.3) is 11.8 Å². The zero-order valence-corrected chi connectivity index (χ0v) is 16.8. The molecule has 27 heavy (non-hydrogen) atoms. The molecule has 0 radical (unpaired) electrons. The van der Waals surface area contributed by atoms with Gasteiger partial charge in [-0.25, -0.2) is 0 Å². The van der Waals surface area contributed by atoms with Gasteiger partial charge in [-0.1, -0.05) is 28.1 Å². The summed E-state index contributed by atoms with van der Waals surface area (Å²) in [7, 11) is 2.86. The van der Waals surface area contributed by atoms with E-state index in [4.69, 9.17) is 19.9 Å². The lowest BCUT2D eigenvalue weighted by Crippen LogP contribution is -2.26. The van der Waals surface area contributed by atoms with E-state index in [1.807, 2.05) is 31.2 Å². The van der Waals surface area contributed by atoms with Gasteiger partial charge in [0.2, 0.25) is 5.75 Å². The first kappa shape index (κ1) is 20.6. The molecule has 0 aliphatic carbocycles. The molecule has 0 aliphatic rings. The van der Waals surface area contributed by atoms with Crippen molar-refractivity contribution in [2.45, 2.75) is 13.0 Å². The van der Waals surface area contributed by atoms with E-state index in [-0.39, 0.29) is 35.8 Å². The van der Waals surface area contributed by atoms with E-state index in [0.29, 0.717) is 5.56 Å². The fourth-order valence-corrected chi connectivity index (χ4v) is 2.68. The van der Waals surface area contributed by atoms with E-state index in [2.05, 4.69) is 21.2 Å². The van der Waals surface area contributed by atoms with Gasteiger partial charge < -0.3 is 25.3 Å². The molecule has 8 heteroatoms. The van der Waals surface area contributed by atoms with Crippen LogP contribution >= 0.6 is 15.9 Å². The summed E-state index contributed by atoms with van der Waals surface area (Å²) in [6.45, 7) is 1.55. The van der Waals surface area contributed by atoms with E-state index >= 15 is 0 Å². The summed E-state index contributed by atoms with van der Waals surface area (Å²) >= 11 is 3.39. The zero-order chi connectivity index (χ0) is 20.0. The minimum atomic E-state index is -0.635. The second kappa shape index (κ2) is 9.27. The Hall–Kier alpha value is -2.74. The Morgan fingerprint density at radius 3 is 2.15 bits per heavy atom. The highest BCUT2D eigenvalue weighted by Gasteiger charge is 2.19. The lowest BCUT2D eigenvalue weighted by Gasteiger charge is -2.17. The number of methoxy groups -OCH3 is 2. The molecule has 0 saturated carbocycles. The molecular formula is C19H21BrN2O5. The van der Waals surface area contributed by atoms with Crippen LogP contribution in [-0.4, -0.2) is 32.6 Å². The fourth-order valence-electron chi connectivity index (χ4n) is 2.41. The molecule has 0 aliphatic heterocycles. The Balaban J connectivity index is 2.24. The van der Waals surface area contributed by atoms with Crippen molar-refractivity contribution >= 4 is 27.7 Å². The number of amides is 2. The number of hydrogen-bond acceptors (Lipinski definition) is 5. The normalized spacial score (nSPS) is 11.4. The third kappa shape index (κ3) is 5.37. The number of benzene rings is 2. The van der Waals surface area contributed by atoms with Gasteiger partial charge in [-0.3, -0.25) is 9.59 Å². The number of nitrogens with one attached hydrogen (secondary N) is 1. The van der Waals surface area contributed by atoms with Crippen LogP contribution in [0.25, 0.3) is 0 Å². The van der Waals surface area contributed by atoms with Gasteiger partial charge >= 0.3 is 0 Å². The van der Waals surface area contributed by atoms with Crippen LogP contribution in [0.3, 0.4) is 0 Å². The van der Waals surface area contributed by atoms with Gasteiger partial charge in [0, 0.05) is 10.0 Å². The summed E-state index contributed by atoms with van der Waals surface area (Å²) < 4.78 is 16.9. The monoisotopic (exact) mass is 436 g/mol. The third-order valence-corrected chi connectivity index (χ3v) is 4.33. The smallest absolute Gasteiger partial charge is 0.255 e. The number of primary amides is 1. The van der Waals surface area contributed by atoms with Crippen molar-refractivity contribution in [2.24, 2.45) is 5.73 Å². The van der Waals surface area contributed by atoms with Crippen LogP contribution in [-0.2, 0) is 4.79 Å². The minimum Gasteiger partial charge on any atom is -0.493 e. The molecule has 0 saturated heterocycles. The summed E-state index contributed by atoms with van der Waals surface area (Å²) in [6, 6.07) is 10.5. The number of nitrogens with two attached hydrogens (primary N) is 1. The van der Waals surface area contributed by atoms with Crippen LogP contribution in [0.5, 0.6) is 17.2 Å². The van der Waals surface area contributed by atoms with Gasteiger partial charge in [0.15, 0.2) is 18.1 Å². The lowest BCUT2D eigenvalue weighted by molar-refractivity contribution is -0.120. The summed E-state index contributed by atoms with van der Waals surface area (Å²) in [4.78, 5) is 23.6. The second-order valence-electron chi connectivity index (χ2n) is 5.71. The Labute approximate surface area is 165 Å². The van der Waals surface area contributed by atoms with Crippen LogP contribution in [0.2, 0.25) is 0 Å². The quantitative estimate of drug-likeness (QED) is 0.662. The first-order valence-corrected chi connectivity index (χ1v) is 8.88. The van der Waals surface area contributed by atoms with E-state index in [9.17, 15) is 9.59 Å². The maximum absolute atomic E-state index is 12.7. The highest BCUT2D eigenvalue weighted by atomic mass is 79.9. The van der Waals surface area contributed by atoms with Crippen LogP contribution in [0, 0.1) is 0 Å². The van der Waals surface area contributed by atoms with E-state index in [1.165, 1.54) is 26.4 Å². The van der Waals surface area contributed by atoms with Crippen molar-refractivity contribution in [1.82, 2.24) is 5.32 Å². The van der Waals surface area contributed by atoms with Crippen molar-refractivity contribution in [3.63, 3.8) is 0 Å². The summed E-state index contributed by atoms with van der Waals surface area (Å²) in [5, 5.41) is 2.92. The molecule has 2 rings (SSSR count). The molecule has 0 bridgehead atoms. The average Bonchev–Trinajstić information content (AvgIpc) is 2.65. The van der Waals surface area contributed by atoms with Crippen molar-refractivity contribution in [3.05, 3.63) is 52.0 Å². The van der Waals surface area contributed by atoms with Crippen LogP contribution in [0.15, 0.2) is 40.9 Å².